The summed E-state index contributed by atoms with van der Waals surface area (Å²) in [6, 6.07) is 6.59. The van der Waals surface area contributed by atoms with Crippen molar-refractivity contribution < 1.29 is 16.8 Å². The molecule has 0 saturated carbocycles. The lowest BCUT2D eigenvalue weighted by Crippen LogP contribution is -2.08. The van der Waals surface area contributed by atoms with Gasteiger partial charge in [-0.05, 0) is 24.3 Å². The fourth-order valence-electron chi connectivity index (χ4n) is 1.18. The Bertz CT molecular complexity index is 773. The number of sulfone groups is 1. The molecule has 0 radical (unpaired) electrons. The Morgan fingerprint density at radius 3 is 2.20 bits per heavy atom. The number of nitrogens with one attached hydrogen (secondary N) is 1. The monoisotopic (exact) mass is 332 g/mol. The Hall–Kier alpha value is -1.82. The van der Waals surface area contributed by atoms with Crippen LogP contribution < -0.4 is 4.72 Å². The third-order valence-corrected chi connectivity index (χ3v) is 4.71. The second-order valence-corrected chi connectivity index (χ2v) is 7.06. The molecule has 0 bridgehead atoms. The fourth-order valence-corrected chi connectivity index (χ4v) is 3.16. The summed E-state index contributed by atoms with van der Waals surface area (Å²) < 4.78 is 48.3. The number of hydrogen-bond acceptors (Lipinski definition) is 5. The third-order valence-electron chi connectivity index (χ3n) is 2.00. The smallest absolute Gasteiger partial charge is 0.255 e. The Balaban J connectivity index is 3.02. The van der Waals surface area contributed by atoms with Gasteiger partial charge in [0.25, 0.3) is 10.0 Å². The molecule has 0 aromatic heterocycles. The summed E-state index contributed by atoms with van der Waals surface area (Å²) in [4.78, 5) is -0.0557. The lowest BCUT2D eigenvalue weighted by Gasteiger charge is -2.05. The molecule has 0 amide bonds. The van der Waals surface area contributed by atoms with Gasteiger partial charge >= 0.3 is 0 Å². The van der Waals surface area contributed by atoms with Crippen LogP contribution in [-0.2, 0) is 19.9 Å². The van der Waals surface area contributed by atoms with Gasteiger partial charge < -0.3 is 0 Å². The van der Waals surface area contributed by atoms with E-state index in [0.717, 1.165) is 22.4 Å². The molecule has 9 heteroatoms. The lowest BCUT2D eigenvalue weighted by molar-refractivity contribution is 0.604. The summed E-state index contributed by atoms with van der Waals surface area (Å²) in [6.45, 7) is 0. The van der Waals surface area contributed by atoms with Gasteiger partial charge in [-0.25, -0.2) is 16.8 Å². The predicted molar refractivity (Wildman–Crippen MR) is 75.9 cm³/mol. The normalized spacial score (nSPS) is 12.6. The minimum absolute atomic E-state index is 0.0557. The van der Waals surface area contributed by atoms with Crippen LogP contribution in [0, 0.1) is 11.3 Å². The predicted octanol–water partition coefficient (Wildman–Crippen LogP) is 1.95. The van der Waals surface area contributed by atoms with Gasteiger partial charge in [0.1, 0.15) is 0 Å². The Morgan fingerprint density at radius 2 is 1.70 bits per heavy atom. The van der Waals surface area contributed by atoms with Gasteiger partial charge in [-0.3, -0.25) is 4.72 Å². The van der Waals surface area contributed by atoms with Gasteiger partial charge in [-0.2, -0.15) is 5.26 Å². The van der Waals surface area contributed by atoms with E-state index in [0.29, 0.717) is 0 Å². The largest absolute Gasteiger partial charge is 0.280 e. The maximum atomic E-state index is 11.7. The van der Waals surface area contributed by atoms with Crippen molar-refractivity contribution in [2.75, 3.05) is 4.72 Å². The Morgan fingerprint density at radius 1 is 1.10 bits per heavy atom. The van der Waals surface area contributed by atoms with Crippen LogP contribution in [0.2, 0.25) is 0 Å². The molecule has 0 atom stereocenters. The Kier molecular flexibility index (Phi) is 5.33. The van der Waals surface area contributed by atoms with Gasteiger partial charge in [0, 0.05) is 22.7 Å². The summed E-state index contributed by atoms with van der Waals surface area (Å²) >= 11 is 5.17. The number of hydrogen-bond donors (Lipinski definition) is 1. The quantitative estimate of drug-likeness (QED) is 0.830. The standard InChI is InChI=1S/C11H9ClN2O4S2/c12-6-9-20(17,18)14-10-2-4-11(5-3-10)19(15,16)8-1-7-13/h1-6,8-9,14H/b8-1+,9-6+. The van der Waals surface area contributed by atoms with Gasteiger partial charge in [0.15, 0.2) is 0 Å². The minimum Gasteiger partial charge on any atom is -0.280 e. The van der Waals surface area contributed by atoms with E-state index >= 15 is 0 Å². The van der Waals surface area contributed by atoms with Crippen molar-refractivity contribution in [2.24, 2.45) is 0 Å². The Labute approximate surface area is 122 Å². The average Bonchev–Trinajstić information content (AvgIpc) is 2.36. The van der Waals surface area contributed by atoms with Gasteiger partial charge in [-0.15, -0.1) is 0 Å². The van der Waals surface area contributed by atoms with Crippen LogP contribution in [0.3, 0.4) is 0 Å². The number of nitriles is 1. The molecule has 0 aliphatic heterocycles. The molecule has 1 N–H and O–H groups in total. The number of benzene rings is 1. The van der Waals surface area contributed by atoms with Crippen molar-refractivity contribution >= 4 is 37.1 Å². The molecular formula is C11H9ClN2O4S2. The molecule has 1 aromatic rings. The maximum absolute atomic E-state index is 11.7. The van der Waals surface area contributed by atoms with E-state index in [-0.39, 0.29) is 10.6 Å². The topological polar surface area (TPSA) is 104 Å². The number of halogens is 1. The molecule has 0 saturated heterocycles. The highest BCUT2D eigenvalue weighted by Gasteiger charge is 2.11. The van der Waals surface area contributed by atoms with Crippen LogP contribution in [-0.4, -0.2) is 16.8 Å². The first-order valence-corrected chi connectivity index (χ1v) is 8.54. The molecule has 0 unspecified atom stereocenters. The second-order valence-electron chi connectivity index (χ2n) is 3.41. The summed E-state index contributed by atoms with van der Waals surface area (Å²) in [6.07, 6.45) is 0.844. The van der Waals surface area contributed by atoms with Crippen LogP contribution in [0.25, 0.3) is 0 Å². The van der Waals surface area contributed by atoms with Crippen molar-refractivity contribution in [3.8, 4) is 6.07 Å². The first-order valence-electron chi connectivity index (χ1n) is 5.01. The van der Waals surface area contributed by atoms with Crippen LogP contribution in [0.4, 0.5) is 5.69 Å². The SMILES string of the molecule is N#C/C=C/S(=O)(=O)c1ccc(NS(=O)(=O)/C=C/Cl)cc1. The van der Waals surface area contributed by atoms with E-state index in [2.05, 4.69) is 4.72 Å². The first kappa shape index (κ1) is 16.2. The molecule has 6 nitrogen and oxygen atoms in total. The first-order chi connectivity index (χ1) is 9.30. The highest BCUT2D eigenvalue weighted by molar-refractivity contribution is 7.95. The molecule has 0 aliphatic rings. The molecule has 0 aliphatic carbocycles. The molecule has 1 aromatic carbocycles. The number of sulfonamides is 1. The van der Waals surface area contributed by atoms with Crippen LogP contribution in [0.15, 0.2) is 51.6 Å². The van der Waals surface area contributed by atoms with Gasteiger partial charge in [0.05, 0.1) is 16.4 Å². The van der Waals surface area contributed by atoms with E-state index in [4.69, 9.17) is 16.9 Å². The van der Waals surface area contributed by atoms with Crippen LogP contribution in [0.5, 0.6) is 0 Å². The van der Waals surface area contributed by atoms with Gasteiger partial charge in [-0.1, -0.05) is 11.6 Å². The fraction of sp³-hybridized carbons (Fsp3) is 0. The number of rotatable bonds is 5. The lowest BCUT2D eigenvalue weighted by atomic mass is 10.3. The third kappa shape index (κ3) is 4.70. The highest BCUT2D eigenvalue weighted by atomic mass is 35.5. The van der Waals surface area contributed by atoms with E-state index in [1.54, 1.807) is 6.07 Å². The molecular weight excluding hydrogens is 324 g/mol. The van der Waals surface area contributed by atoms with Crippen LogP contribution >= 0.6 is 11.6 Å². The summed E-state index contributed by atoms with van der Waals surface area (Å²) in [5, 5.41) is 9.83. The minimum atomic E-state index is -3.72. The number of allylic oxidation sites excluding steroid dienone is 1. The summed E-state index contributed by atoms with van der Waals surface area (Å²) in [5.41, 5.74) is 1.02. The van der Waals surface area contributed by atoms with E-state index in [1.807, 2.05) is 0 Å². The van der Waals surface area contributed by atoms with E-state index in [9.17, 15) is 16.8 Å². The molecule has 1 rings (SSSR count). The van der Waals surface area contributed by atoms with Crippen molar-refractivity contribution in [2.45, 2.75) is 4.90 Å². The zero-order valence-electron chi connectivity index (χ0n) is 9.89. The summed E-state index contributed by atoms with van der Waals surface area (Å²) in [7, 11) is -7.42. The van der Waals surface area contributed by atoms with Crippen molar-refractivity contribution in [1.82, 2.24) is 0 Å². The second kappa shape index (κ2) is 6.56. The van der Waals surface area contributed by atoms with E-state index < -0.39 is 19.9 Å². The summed E-state index contributed by atoms with van der Waals surface area (Å²) in [5.74, 6) is 0. The number of anilines is 1. The zero-order valence-corrected chi connectivity index (χ0v) is 12.3. The molecule has 20 heavy (non-hydrogen) atoms. The molecule has 0 heterocycles. The molecule has 0 fully saturated rings. The average molecular weight is 333 g/mol. The van der Waals surface area contributed by atoms with E-state index in [1.165, 1.54) is 24.3 Å². The van der Waals surface area contributed by atoms with Crippen molar-refractivity contribution in [1.29, 1.82) is 5.26 Å². The van der Waals surface area contributed by atoms with Crippen molar-refractivity contribution in [3.05, 3.63) is 46.7 Å². The highest BCUT2D eigenvalue weighted by Crippen LogP contribution is 2.17. The molecule has 0 spiro atoms. The van der Waals surface area contributed by atoms with Crippen molar-refractivity contribution in [3.63, 3.8) is 0 Å². The van der Waals surface area contributed by atoms with Crippen LogP contribution in [0.1, 0.15) is 0 Å². The van der Waals surface area contributed by atoms with Gasteiger partial charge in [0.2, 0.25) is 9.84 Å². The number of nitrogens with zero attached hydrogens (tertiary/aromatic N) is 1. The maximum Gasteiger partial charge on any atom is 0.255 e. The molecule has 106 valence electrons. The zero-order chi connectivity index (χ0) is 15.2.